The highest BCUT2D eigenvalue weighted by molar-refractivity contribution is 6.66. The van der Waals surface area contributed by atoms with Gasteiger partial charge in [0, 0.05) is 0 Å². The van der Waals surface area contributed by atoms with Crippen LogP contribution >= 0.6 is 11.6 Å². The summed E-state index contributed by atoms with van der Waals surface area (Å²) in [6.07, 6.45) is 3.44. The molecule has 15 heavy (non-hydrogen) atoms. The van der Waals surface area contributed by atoms with Crippen LogP contribution in [0.25, 0.3) is 6.08 Å². The van der Waals surface area contributed by atoms with Crippen molar-refractivity contribution in [1.29, 1.82) is 0 Å². The van der Waals surface area contributed by atoms with Gasteiger partial charge in [-0.2, -0.15) is 0 Å². The topological polar surface area (TPSA) is 43.4 Å². The van der Waals surface area contributed by atoms with E-state index in [1.54, 1.807) is 18.2 Å². The van der Waals surface area contributed by atoms with Gasteiger partial charge < -0.3 is 4.74 Å². The first-order valence-corrected chi connectivity index (χ1v) is 4.56. The van der Waals surface area contributed by atoms with Gasteiger partial charge in [0.15, 0.2) is 6.29 Å². The second-order valence-electron chi connectivity index (χ2n) is 2.76. The maximum Gasteiger partial charge on any atom is 0.245 e. The highest BCUT2D eigenvalue weighted by Gasteiger charge is 2.01. The van der Waals surface area contributed by atoms with Gasteiger partial charge in [-0.3, -0.25) is 9.59 Å². The molecule has 1 aromatic rings. The van der Waals surface area contributed by atoms with Crippen molar-refractivity contribution in [2.75, 3.05) is 7.11 Å². The van der Waals surface area contributed by atoms with Crippen molar-refractivity contribution in [3.63, 3.8) is 0 Å². The number of carbonyl (C=O) groups is 2. The molecule has 0 N–H and O–H groups in total. The molecule has 0 atom stereocenters. The summed E-state index contributed by atoms with van der Waals surface area (Å²) in [7, 11) is 1.49. The zero-order chi connectivity index (χ0) is 11.3. The van der Waals surface area contributed by atoms with Crippen LogP contribution in [0.1, 0.15) is 15.9 Å². The Morgan fingerprint density at radius 2 is 2.20 bits per heavy atom. The fourth-order valence-electron chi connectivity index (χ4n) is 1.11. The third-order valence-corrected chi connectivity index (χ3v) is 1.91. The SMILES string of the molecule is COc1ccc(/C=C/C(=O)Cl)cc1C=O. The molecular formula is C11H9ClO3. The molecule has 0 aliphatic heterocycles. The maximum absolute atomic E-state index is 10.7. The average Bonchev–Trinajstić information content (AvgIpc) is 2.25. The summed E-state index contributed by atoms with van der Waals surface area (Å²) in [6, 6.07) is 4.99. The lowest BCUT2D eigenvalue weighted by molar-refractivity contribution is -0.107. The summed E-state index contributed by atoms with van der Waals surface area (Å²) < 4.78 is 4.97. The molecule has 0 unspecified atom stereocenters. The van der Waals surface area contributed by atoms with E-state index >= 15 is 0 Å². The van der Waals surface area contributed by atoms with Crippen LogP contribution in [0, 0.1) is 0 Å². The van der Waals surface area contributed by atoms with E-state index in [0.29, 0.717) is 23.2 Å². The molecule has 78 valence electrons. The molecule has 0 bridgehead atoms. The molecule has 0 radical (unpaired) electrons. The van der Waals surface area contributed by atoms with Crippen LogP contribution in [0.3, 0.4) is 0 Å². The summed E-state index contributed by atoms with van der Waals surface area (Å²) in [5, 5.41) is -0.557. The van der Waals surface area contributed by atoms with E-state index in [-0.39, 0.29) is 0 Å². The van der Waals surface area contributed by atoms with Gasteiger partial charge in [0.05, 0.1) is 12.7 Å². The Hall–Kier alpha value is -1.61. The Labute approximate surface area is 92.3 Å². The van der Waals surface area contributed by atoms with Gasteiger partial charge in [0.2, 0.25) is 5.24 Å². The van der Waals surface area contributed by atoms with Gasteiger partial charge in [-0.15, -0.1) is 0 Å². The smallest absolute Gasteiger partial charge is 0.245 e. The number of hydrogen-bond acceptors (Lipinski definition) is 3. The highest BCUT2D eigenvalue weighted by Crippen LogP contribution is 2.18. The molecule has 0 fully saturated rings. The third-order valence-electron chi connectivity index (χ3n) is 1.79. The molecule has 0 spiro atoms. The first-order valence-electron chi connectivity index (χ1n) is 4.18. The second kappa shape index (κ2) is 5.32. The Bertz CT molecular complexity index is 410. The number of allylic oxidation sites excluding steroid dienone is 1. The van der Waals surface area contributed by atoms with Gasteiger partial charge in [-0.1, -0.05) is 12.1 Å². The fraction of sp³-hybridized carbons (Fsp3) is 0.0909. The monoisotopic (exact) mass is 224 g/mol. The number of benzene rings is 1. The molecular weight excluding hydrogens is 216 g/mol. The number of halogens is 1. The van der Waals surface area contributed by atoms with Gasteiger partial charge >= 0.3 is 0 Å². The minimum atomic E-state index is -0.557. The Morgan fingerprint density at radius 1 is 1.47 bits per heavy atom. The van der Waals surface area contributed by atoms with Crippen LogP contribution < -0.4 is 4.74 Å². The number of hydrogen-bond donors (Lipinski definition) is 0. The maximum atomic E-state index is 10.7. The predicted octanol–water partition coefficient (Wildman–Crippen LogP) is 2.29. The number of carbonyl (C=O) groups excluding carboxylic acids is 2. The first-order chi connectivity index (χ1) is 7.17. The Balaban J connectivity index is 3.03. The predicted molar refractivity (Wildman–Crippen MR) is 58.3 cm³/mol. The molecule has 0 saturated heterocycles. The minimum absolute atomic E-state index is 0.432. The Morgan fingerprint density at radius 3 is 2.73 bits per heavy atom. The summed E-state index contributed by atoms with van der Waals surface area (Å²) in [4.78, 5) is 21.2. The van der Waals surface area contributed by atoms with E-state index in [9.17, 15) is 9.59 Å². The summed E-state index contributed by atoms with van der Waals surface area (Å²) >= 11 is 5.14. The number of ether oxygens (including phenoxy) is 1. The lowest BCUT2D eigenvalue weighted by atomic mass is 10.1. The summed E-state index contributed by atoms with van der Waals surface area (Å²) in [5.74, 6) is 0.499. The lowest BCUT2D eigenvalue weighted by Gasteiger charge is -2.03. The standard InChI is InChI=1S/C11H9ClO3/c1-15-10-4-2-8(3-5-11(12)14)6-9(10)7-13/h2-7H,1H3/b5-3+. The van der Waals surface area contributed by atoms with Crippen LogP contribution in [0.4, 0.5) is 0 Å². The zero-order valence-electron chi connectivity index (χ0n) is 8.07. The number of rotatable bonds is 4. The van der Waals surface area contributed by atoms with Crippen LogP contribution in [-0.2, 0) is 4.79 Å². The minimum Gasteiger partial charge on any atom is -0.496 e. The lowest BCUT2D eigenvalue weighted by Crippen LogP contribution is -1.90. The molecule has 1 rings (SSSR count). The normalized spacial score (nSPS) is 10.3. The van der Waals surface area contributed by atoms with Crippen LogP contribution in [0.5, 0.6) is 5.75 Å². The highest BCUT2D eigenvalue weighted by atomic mass is 35.5. The van der Waals surface area contributed by atoms with Crippen LogP contribution in [0.2, 0.25) is 0 Å². The molecule has 4 heteroatoms. The van der Waals surface area contributed by atoms with Crippen LogP contribution in [-0.4, -0.2) is 18.6 Å². The second-order valence-corrected chi connectivity index (χ2v) is 3.13. The number of methoxy groups -OCH3 is 1. The molecule has 0 heterocycles. The molecule has 0 aliphatic rings. The largest absolute Gasteiger partial charge is 0.496 e. The van der Waals surface area contributed by atoms with E-state index in [4.69, 9.17) is 16.3 Å². The van der Waals surface area contributed by atoms with Gasteiger partial charge in [-0.25, -0.2) is 0 Å². The zero-order valence-corrected chi connectivity index (χ0v) is 8.82. The number of aldehydes is 1. The summed E-state index contributed by atoms with van der Waals surface area (Å²) in [5.41, 5.74) is 1.15. The molecule has 3 nitrogen and oxygen atoms in total. The van der Waals surface area contributed by atoms with E-state index < -0.39 is 5.24 Å². The molecule has 1 aromatic carbocycles. The van der Waals surface area contributed by atoms with Crippen molar-refractivity contribution in [2.24, 2.45) is 0 Å². The first kappa shape index (κ1) is 11.5. The molecule has 0 amide bonds. The van der Waals surface area contributed by atoms with Crippen LogP contribution in [0.15, 0.2) is 24.3 Å². The molecule has 0 aliphatic carbocycles. The van der Waals surface area contributed by atoms with Crippen molar-refractivity contribution in [3.05, 3.63) is 35.4 Å². The van der Waals surface area contributed by atoms with Crippen molar-refractivity contribution in [3.8, 4) is 5.75 Å². The average molecular weight is 225 g/mol. The van der Waals surface area contributed by atoms with E-state index in [0.717, 1.165) is 0 Å². The quantitative estimate of drug-likeness (QED) is 0.448. The van der Waals surface area contributed by atoms with Gasteiger partial charge in [0.25, 0.3) is 0 Å². The van der Waals surface area contributed by atoms with E-state index in [2.05, 4.69) is 0 Å². The van der Waals surface area contributed by atoms with Crippen molar-refractivity contribution in [2.45, 2.75) is 0 Å². The van der Waals surface area contributed by atoms with Crippen molar-refractivity contribution >= 4 is 29.2 Å². The van der Waals surface area contributed by atoms with E-state index in [1.807, 2.05) is 0 Å². The summed E-state index contributed by atoms with van der Waals surface area (Å²) in [6.45, 7) is 0. The third kappa shape index (κ3) is 3.22. The van der Waals surface area contributed by atoms with Gasteiger partial charge in [0.1, 0.15) is 5.75 Å². The molecule has 0 saturated carbocycles. The van der Waals surface area contributed by atoms with Crippen molar-refractivity contribution < 1.29 is 14.3 Å². The molecule has 0 aromatic heterocycles. The Kier molecular flexibility index (Phi) is 4.06. The van der Waals surface area contributed by atoms with Crippen molar-refractivity contribution in [1.82, 2.24) is 0 Å². The van der Waals surface area contributed by atoms with Gasteiger partial charge in [-0.05, 0) is 35.4 Å². The van der Waals surface area contributed by atoms with E-state index in [1.165, 1.54) is 19.3 Å². The fourth-order valence-corrected chi connectivity index (χ4v) is 1.17.